The molecule has 1 aliphatic carbocycles. The van der Waals surface area contributed by atoms with Crippen LogP contribution in [0.5, 0.6) is 0 Å². The minimum absolute atomic E-state index is 0. The summed E-state index contributed by atoms with van der Waals surface area (Å²) in [6.07, 6.45) is 3.41. The second kappa shape index (κ2) is 4.27. The van der Waals surface area contributed by atoms with Crippen molar-refractivity contribution in [1.29, 1.82) is 0 Å². The Morgan fingerprint density at radius 1 is 1.38 bits per heavy atom. The molecule has 0 radical (unpaired) electrons. The molecule has 2 rings (SSSR count). The summed E-state index contributed by atoms with van der Waals surface area (Å²) in [6, 6.07) is 0. The van der Waals surface area contributed by atoms with Gasteiger partial charge in [0.2, 0.25) is 10.0 Å². The van der Waals surface area contributed by atoms with Crippen LogP contribution in [0.2, 0.25) is 0 Å². The molecule has 1 saturated carbocycles. The predicted molar refractivity (Wildman–Crippen MR) is 46.6 cm³/mol. The molecule has 0 unspecified atom stereocenters. The van der Waals surface area contributed by atoms with E-state index < -0.39 is 10.0 Å². The van der Waals surface area contributed by atoms with Gasteiger partial charge in [0, 0.05) is 6.54 Å². The van der Waals surface area contributed by atoms with E-state index in [1.54, 1.807) is 4.31 Å². The van der Waals surface area contributed by atoms with Gasteiger partial charge in [-0.25, -0.2) is 12.7 Å². The Kier molecular flexibility index (Phi) is 4.19. The van der Waals surface area contributed by atoms with Gasteiger partial charge in [-0.3, -0.25) is 0 Å². The summed E-state index contributed by atoms with van der Waals surface area (Å²) < 4.78 is 23.9. The van der Waals surface area contributed by atoms with Crippen LogP contribution < -0.4 is 58.2 Å². The van der Waals surface area contributed by atoms with Crippen LogP contribution in [0.3, 0.4) is 0 Å². The Balaban J connectivity index is 0.000000845. The normalized spacial score (nSPS) is 26.8. The number of piperazine rings is 1. The quantitative estimate of drug-likeness (QED) is 0.518. The Bertz CT molecular complexity index is 287. The van der Waals surface area contributed by atoms with E-state index in [9.17, 15) is 8.42 Å². The largest absolute Gasteiger partial charge is 1.00 e. The van der Waals surface area contributed by atoms with E-state index in [2.05, 4.69) is 5.32 Å². The third kappa shape index (κ3) is 3.06. The number of rotatable bonds is 1. The fourth-order valence-electron chi connectivity index (χ4n) is 1.60. The minimum atomic E-state index is -2.98. The van der Waals surface area contributed by atoms with Gasteiger partial charge < -0.3 is 5.32 Å². The molecule has 70 valence electrons. The van der Waals surface area contributed by atoms with Gasteiger partial charge in [0.15, 0.2) is 0 Å². The smallest absolute Gasteiger partial charge is 0.655 e. The number of nitrogens with zero attached hydrogens (tertiary/aromatic N) is 2. The maximum absolute atomic E-state index is 11.2. The topological polar surface area (TPSA) is 51.5 Å². The van der Waals surface area contributed by atoms with Crippen molar-refractivity contribution in [2.24, 2.45) is 0 Å². The molecule has 0 aromatic rings. The molecule has 1 heterocycles. The average Bonchev–Trinajstić information content (AvgIpc) is 2.68. The molecule has 0 N–H and O–H groups in total. The molecular weight excluding hydrogens is 262 g/mol. The van der Waals surface area contributed by atoms with Crippen LogP contribution >= 0.6 is 0 Å². The first kappa shape index (κ1) is 12.7. The second-order valence-corrected chi connectivity index (χ2v) is 5.69. The zero-order valence-corrected chi connectivity index (χ0v) is 13.9. The summed E-state index contributed by atoms with van der Waals surface area (Å²) in [5, 5.41) is 4.43. The fourth-order valence-corrected chi connectivity index (χ4v) is 2.49. The zero-order chi connectivity index (χ0) is 8.82. The first-order valence-corrected chi connectivity index (χ1v) is 6.01. The molecular formula is C7H13N2O2RbS. The molecule has 2 aliphatic rings. The van der Waals surface area contributed by atoms with Gasteiger partial charge in [0.1, 0.15) is 0 Å². The van der Waals surface area contributed by atoms with Crippen molar-refractivity contribution < 1.29 is 66.6 Å². The van der Waals surface area contributed by atoms with Gasteiger partial charge in [0.25, 0.3) is 0 Å². The Morgan fingerprint density at radius 2 is 2.00 bits per heavy atom. The van der Waals surface area contributed by atoms with Crippen LogP contribution in [-0.2, 0) is 10.0 Å². The molecule has 1 aliphatic heterocycles. The van der Waals surface area contributed by atoms with Crippen molar-refractivity contribution in [3.63, 3.8) is 0 Å². The molecule has 2 fully saturated rings. The van der Waals surface area contributed by atoms with Crippen LogP contribution in [-0.4, -0.2) is 44.2 Å². The number of hydrogen-bond acceptors (Lipinski definition) is 2. The van der Waals surface area contributed by atoms with Crippen molar-refractivity contribution in [2.45, 2.75) is 18.4 Å². The molecule has 1 spiro atoms. The van der Waals surface area contributed by atoms with Crippen LogP contribution in [0.15, 0.2) is 0 Å². The molecule has 4 nitrogen and oxygen atoms in total. The Labute approximate surface area is 128 Å². The first-order valence-electron chi connectivity index (χ1n) is 4.16. The summed E-state index contributed by atoms with van der Waals surface area (Å²) >= 11 is 0. The van der Waals surface area contributed by atoms with E-state index in [1.165, 1.54) is 6.26 Å². The Morgan fingerprint density at radius 3 is 2.46 bits per heavy atom. The van der Waals surface area contributed by atoms with Crippen LogP contribution in [0.4, 0.5) is 0 Å². The van der Waals surface area contributed by atoms with Crippen molar-refractivity contribution in [3.05, 3.63) is 5.32 Å². The van der Waals surface area contributed by atoms with Crippen molar-refractivity contribution >= 4 is 10.0 Å². The Hall–Kier alpha value is 1.68. The van der Waals surface area contributed by atoms with E-state index in [4.69, 9.17) is 0 Å². The number of sulfonamides is 1. The summed E-state index contributed by atoms with van der Waals surface area (Å²) in [7, 11) is -2.98. The van der Waals surface area contributed by atoms with E-state index in [1.807, 2.05) is 0 Å². The molecule has 0 amide bonds. The molecule has 0 aromatic carbocycles. The van der Waals surface area contributed by atoms with E-state index in [0.29, 0.717) is 19.6 Å². The third-order valence-corrected chi connectivity index (χ3v) is 3.81. The van der Waals surface area contributed by atoms with Gasteiger partial charge in [-0.05, 0) is 6.54 Å². The molecule has 0 atom stereocenters. The van der Waals surface area contributed by atoms with Crippen LogP contribution in [0, 0.1) is 0 Å². The maximum Gasteiger partial charge on any atom is 1.00 e. The van der Waals surface area contributed by atoms with Crippen LogP contribution in [0.1, 0.15) is 12.8 Å². The van der Waals surface area contributed by atoms with Crippen molar-refractivity contribution in [2.75, 3.05) is 25.9 Å². The van der Waals surface area contributed by atoms with Crippen molar-refractivity contribution in [1.82, 2.24) is 4.31 Å². The van der Waals surface area contributed by atoms with E-state index in [-0.39, 0.29) is 63.7 Å². The molecule has 1 saturated heterocycles. The summed E-state index contributed by atoms with van der Waals surface area (Å²) in [5.41, 5.74) is 0.0291. The monoisotopic (exact) mass is 274 g/mol. The maximum atomic E-state index is 11.2. The van der Waals surface area contributed by atoms with Gasteiger partial charge in [0.05, 0.1) is 6.26 Å². The molecule has 0 aromatic heterocycles. The summed E-state index contributed by atoms with van der Waals surface area (Å²) in [4.78, 5) is 0. The summed E-state index contributed by atoms with van der Waals surface area (Å²) in [6.45, 7) is 1.86. The van der Waals surface area contributed by atoms with E-state index in [0.717, 1.165) is 12.8 Å². The minimum Gasteiger partial charge on any atom is -0.655 e. The number of hydrogen-bond donors (Lipinski definition) is 0. The molecule has 6 heteroatoms. The predicted octanol–water partition coefficient (Wildman–Crippen LogP) is -2.83. The van der Waals surface area contributed by atoms with Crippen molar-refractivity contribution in [3.8, 4) is 0 Å². The second-order valence-electron chi connectivity index (χ2n) is 3.70. The standard InChI is InChI=1S/C7H13N2O2S.Rb/c1-12(10,11)9-5-4-8-7(6-9)2-3-7;/h2-6H2,1H3;/q-1;+1. The SMILES string of the molecule is CS(=O)(=O)N1CC[N-]C2(CC2)C1.[Rb+]. The molecule has 0 bridgehead atoms. The third-order valence-electron chi connectivity index (χ3n) is 2.56. The summed E-state index contributed by atoms with van der Waals surface area (Å²) in [5.74, 6) is 0. The van der Waals surface area contributed by atoms with E-state index >= 15 is 0 Å². The van der Waals surface area contributed by atoms with Crippen LogP contribution in [0.25, 0.3) is 5.32 Å². The van der Waals surface area contributed by atoms with Gasteiger partial charge in [-0.15, -0.1) is 12.1 Å². The first-order chi connectivity index (χ1) is 5.52. The molecule has 13 heavy (non-hydrogen) atoms. The van der Waals surface area contributed by atoms with Gasteiger partial charge in [-0.1, -0.05) is 12.8 Å². The van der Waals surface area contributed by atoms with Gasteiger partial charge >= 0.3 is 58.2 Å². The fraction of sp³-hybridized carbons (Fsp3) is 1.00. The van der Waals surface area contributed by atoms with Gasteiger partial charge in [-0.2, -0.15) is 0 Å². The zero-order valence-electron chi connectivity index (χ0n) is 8.15. The average molecular weight is 275 g/mol.